The molecule has 0 aliphatic rings. The van der Waals surface area contributed by atoms with Gasteiger partial charge in [-0.05, 0) is 36.2 Å². The van der Waals surface area contributed by atoms with Crippen molar-refractivity contribution in [1.29, 1.82) is 0 Å². The summed E-state index contributed by atoms with van der Waals surface area (Å²) in [5.74, 6) is -0.956. The number of hydrogen-bond acceptors (Lipinski definition) is 3. The zero-order valence-electron chi connectivity index (χ0n) is 11.3. The van der Waals surface area contributed by atoms with E-state index >= 15 is 0 Å². The van der Waals surface area contributed by atoms with Gasteiger partial charge >= 0.3 is 0 Å². The molecular formula is C15H14F2N2O2. The monoisotopic (exact) mass is 292 g/mol. The molecule has 2 rings (SSSR count). The van der Waals surface area contributed by atoms with E-state index in [1.54, 1.807) is 12.1 Å². The van der Waals surface area contributed by atoms with Crippen LogP contribution >= 0.6 is 0 Å². The van der Waals surface area contributed by atoms with Gasteiger partial charge in [0.15, 0.2) is 0 Å². The molecule has 1 atom stereocenters. The number of halogens is 2. The normalized spacial score (nSPS) is 12.1. The van der Waals surface area contributed by atoms with Crippen LogP contribution in [0.1, 0.15) is 24.1 Å². The highest BCUT2D eigenvalue weighted by molar-refractivity contribution is 5.35. The lowest BCUT2D eigenvalue weighted by Crippen LogP contribution is -2.18. The van der Waals surface area contributed by atoms with Crippen molar-refractivity contribution in [2.45, 2.75) is 19.5 Å². The van der Waals surface area contributed by atoms with Crippen molar-refractivity contribution in [3.63, 3.8) is 0 Å². The van der Waals surface area contributed by atoms with Gasteiger partial charge in [-0.15, -0.1) is 0 Å². The number of nitro groups is 1. The number of nitro benzene ring substituents is 1. The van der Waals surface area contributed by atoms with Gasteiger partial charge in [0.1, 0.15) is 11.6 Å². The van der Waals surface area contributed by atoms with Gasteiger partial charge in [0.25, 0.3) is 5.69 Å². The Bertz CT molecular complexity index is 645. The van der Waals surface area contributed by atoms with Crippen LogP contribution in [0.2, 0.25) is 0 Å². The second-order valence-electron chi connectivity index (χ2n) is 4.73. The van der Waals surface area contributed by atoms with Crippen LogP contribution in [0.15, 0.2) is 42.5 Å². The lowest BCUT2D eigenvalue weighted by molar-refractivity contribution is -0.385. The Hall–Kier alpha value is -2.34. The van der Waals surface area contributed by atoms with Crippen molar-refractivity contribution >= 4 is 5.69 Å². The maximum absolute atomic E-state index is 13.3. The summed E-state index contributed by atoms with van der Waals surface area (Å²) < 4.78 is 26.1. The van der Waals surface area contributed by atoms with Crippen molar-refractivity contribution in [3.05, 3.63) is 75.3 Å². The SMILES string of the molecule is C[C@@H](NCc1cc(F)cc([N+](=O)[O-])c1)c1ccc(F)cc1. The third kappa shape index (κ3) is 4.06. The minimum absolute atomic E-state index is 0.0899. The first-order chi connectivity index (χ1) is 9.95. The summed E-state index contributed by atoms with van der Waals surface area (Å²) in [6.45, 7) is 2.15. The Balaban J connectivity index is 2.05. The largest absolute Gasteiger partial charge is 0.306 e. The number of benzene rings is 2. The fourth-order valence-electron chi connectivity index (χ4n) is 1.98. The fourth-order valence-corrected chi connectivity index (χ4v) is 1.98. The molecule has 0 aliphatic carbocycles. The zero-order valence-corrected chi connectivity index (χ0v) is 11.3. The van der Waals surface area contributed by atoms with Crippen molar-refractivity contribution < 1.29 is 13.7 Å². The van der Waals surface area contributed by atoms with Gasteiger partial charge < -0.3 is 5.32 Å². The third-order valence-corrected chi connectivity index (χ3v) is 3.14. The number of hydrogen-bond donors (Lipinski definition) is 1. The third-order valence-electron chi connectivity index (χ3n) is 3.14. The predicted molar refractivity (Wildman–Crippen MR) is 74.7 cm³/mol. The molecule has 0 unspecified atom stereocenters. The summed E-state index contributed by atoms with van der Waals surface area (Å²) in [4.78, 5) is 10.1. The highest BCUT2D eigenvalue weighted by atomic mass is 19.1. The molecule has 6 heteroatoms. The molecule has 0 amide bonds. The van der Waals surface area contributed by atoms with Gasteiger partial charge in [-0.3, -0.25) is 10.1 Å². The Labute approximate surface area is 120 Å². The van der Waals surface area contributed by atoms with E-state index in [0.717, 1.165) is 11.6 Å². The van der Waals surface area contributed by atoms with E-state index < -0.39 is 10.7 Å². The molecule has 0 radical (unpaired) electrons. The van der Waals surface area contributed by atoms with Crippen LogP contribution in [0.3, 0.4) is 0 Å². The average molecular weight is 292 g/mol. The lowest BCUT2D eigenvalue weighted by Gasteiger charge is -2.14. The van der Waals surface area contributed by atoms with Crippen LogP contribution in [0.4, 0.5) is 14.5 Å². The first-order valence-electron chi connectivity index (χ1n) is 6.38. The summed E-state index contributed by atoms with van der Waals surface area (Å²) in [5.41, 5.74) is 1.08. The quantitative estimate of drug-likeness (QED) is 0.675. The molecule has 0 bridgehead atoms. The molecule has 4 nitrogen and oxygen atoms in total. The molecule has 0 saturated heterocycles. The second-order valence-corrected chi connectivity index (χ2v) is 4.73. The van der Waals surface area contributed by atoms with Crippen LogP contribution in [-0.2, 0) is 6.54 Å². The number of nitrogens with one attached hydrogen (secondary N) is 1. The summed E-state index contributed by atoms with van der Waals surface area (Å²) in [7, 11) is 0. The smallest absolute Gasteiger partial charge is 0.272 e. The van der Waals surface area contributed by atoms with E-state index in [0.29, 0.717) is 5.56 Å². The minimum atomic E-state index is -0.643. The summed E-state index contributed by atoms with van der Waals surface area (Å²) >= 11 is 0. The van der Waals surface area contributed by atoms with Crippen LogP contribution in [0.5, 0.6) is 0 Å². The van der Waals surface area contributed by atoms with Crippen LogP contribution in [0, 0.1) is 21.7 Å². The molecule has 2 aromatic rings. The second kappa shape index (κ2) is 6.41. The molecule has 0 spiro atoms. The van der Waals surface area contributed by atoms with E-state index in [4.69, 9.17) is 0 Å². The molecular weight excluding hydrogens is 278 g/mol. The first kappa shape index (κ1) is 15.1. The van der Waals surface area contributed by atoms with Gasteiger partial charge in [0.05, 0.1) is 11.0 Å². The first-order valence-corrected chi connectivity index (χ1v) is 6.38. The van der Waals surface area contributed by atoms with Crippen molar-refractivity contribution in [3.8, 4) is 0 Å². The van der Waals surface area contributed by atoms with Crippen LogP contribution in [0.25, 0.3) is 0 Å². The molecule has 0 aliphatic heterocycles. The number of nitrogens with zero attached hydrogens (tertiary/aromatic N) is 1. The Morgan fingerprint density at radius 2 is 1.81 bits per heavy atom. The summed E-state index contributed by atoms with van der Waals surface area (Å²) in [5, 5.41) is 13.8. The number of non-ortho nitro benzene ring substituents is 1. The lowest BCUT2D eigenvalue weighted by atomic mass is 10.1. The van der Waals surface area contributed by atoms with E-state index in [-0.39, 0.29) is 24.1 Å². The van der Waals surface area contributed by atoms with Crippen LogP contribution < -0.4 is 5.32 Å². The highest BCUT2D eigenvalue weighted by Crippen LogP contribution is 2.18. The van der Waals surface area contributed by atoms with Crippen LogP contribution in [-0.4, -0.2) is 4.92 Å². The molecule has 2 aromatic carbocycles. The van der Waals surface area contributed by atoms with Gasteiger partial charge in [0, 0.05) is 18.7 Å². The Morgan fingerprint density at radius 3 is 2.43 bits per heavy atom. The van der Waals surface area contributed by atoms with E-state index in [1.165, 1.54) is 24.3 Å². The molecule has 1 N–H and O–H groups in total. The molecule has 110 valence electrons. The maximum Gasteiger partial charge on any atom is 0.272 e. The molecule has 0 aromatic heterocycles. The van der Waals surface area contributed by atoms with E-state index in [2.05, 4.69) is 5.32 Å². The number of rotatable bonds is 5. The predicted octanol–water partition coefficient (Wildman–Crippen LogP) is 3.72. The summed E-state index contributed by atoms with van der Waals surface area (Å²) in [6.07, 6.45) is 0. The van der Waals surface area contributed by atoms with Crippen molar-refractivity contribution in [2.75, 3.05) is 0 Å². The zero-order chi connectivity index (χ0) is 15.4. The van der Waals surface area contributed by atoms with Gasteiger partial charge in [0.2, 0.25) is 0 Å². The Kier molecular flexibility index (Phi) is 4.59. The highest BCUT2D eigenvalue weighted by Gasteiger charge is 2.11. The molecule has 21 heavy (non-hydrogen) atoms. The Morgan fingerprint density at radius 1 is 1.14 bits per heavy atom. The van der Waals surface area contributed by atoms with Gasteiger partial charge in [-0.25, -0.2) is 8.78 Å². The minimum Gasteiger partial charge on any atom is -0.306 e. The fraction of sp³-hybridized carbons (Fsp3) is 0.200. The van der Waals surface area contributed by atoms with E-state index in [9.17, 15) is 18.9 Å². The average Bonchev–Trinajstić information content (AvgIpc) is 2.45. The topological polar surface area (TPSA) is 55.2 Å². The van der Waals surface area contributed by atoms with Crippen molar-refractivity contribution in [2.24, 2.45) is 0 Å². The molecule has 0 heterocycles. The molecule has 0 saturated carbocycles. The summed E-state index contributed by atoms with van der Waals surface area (Å²) in [6, 6.07) is 9.40. The molecule has 0 fully saturated rings. The standard InChI is InChI=1S/C15H14F2N2O2/c1-10(12-2-4-13(16)5-3-12)18-9-11-6-14(17)8-15(7-11)19(20)21/h2-8,10,18H,9H2,1H3/t10-/m1/s1. The van der Waals surface area contributed by atoms with Gasteiger partial charge in [-0.1, -0.05) is 12.1 Å². The maximum atomic E-state index is 13.3. The van der Waals surface area contributed by atoms with Gasteiger partial charge in [-0.2, -0.15) is 0 Å². The van der Waals surface area contributed by atoms with E-state index in [1.807, 2.05) is 6.92 Å². The van der Waals surface area contributed by atoms with Crippen molar-refractivity contribution in [1.82, 2.24) is 5.32 Å².